The second-order valence-corrected chi connectivity index (χ2v) is 5.73. The van der Waals surface area contributed by atoms with Gasteiger partial charge in [0.1, 0.15) is 11.2 Å². The Bertz CT molecular complexity index is 715. The van der Waals surface area contributed by atoms with Crippen molar-refractivity contribution >= 4 is 40.1 Å². The fourth-order valence-corrected chi connectivity index (χ4v) is 2.84. The molecule has 126 valence electrons. The molecule has 3 heterocycles. The maximum absolute atomic E-state index is 12.2. The van der Waals surface area contributed by atoms with Crippen LogP contribution in [0.4, 0.5) is 5.82 Å². The molecule has 0 amide bonds. The van der Waals surface area contributed by atoms with E-state index in [-0.39, 0.29) is 5.22 Å². The van der Waals surface area contributed by atoms with Crippen molar-refractivity contribution in [3.63, 3.8) is 0 Å². The van der Waals surface area contributed by atoms with E-state index < -0.39 is 5.63 Å². The fourth-order valence-electron chi connectivity index (χ4n) is 2.30. The summed E-state index contributed by atoms with van der Waals surface area (Å²) in [6.07, 6.45) is 2.78. The van der Waals surface area contributed by atoms with Gasteiger partial charge < -0.3 is 14.1 Å². The van der Waals surface area contributed by atoms with Crippen LogP contribution in [0.15, 0.2) is 20.4 Å². The first kappa shape index (κ1) is 18.0. The Kier molecular flexibility index (Phi) is 6.68. The van der Waals surface area contributed by atoms with E-state index in [1.165, 1.54) is 11.8 Å². The predicted molar refractivity (Wildman–Crippen MR) is 93.9 cm³/mol. The van der Waals surface area contributed by atoms with Crippen LogP contribution in [0.3, 0.4) is 0 Å². The average molecular weight is 358 g/mol. The molecule has 1 aliphatic heterocycles. The third-order valence-electron chi connectivity index (χ3n) is 3.25. The van der Waals surface area contributed by atoms with Crippen molar-refractivity contribution in [1.29, 1.82) is 0 Å². The summed E-state index contributed by atoms with van der Waals surface area (Å²) in [4.78, 5) is 23.0. The molecule has 2 aromatic rings. The SMILES string of the molecule is CC.CSc1nc(N2CCCOCC2)c2c(=O)oc(Cl)cc2n1. The van der Waals surface area contributed by atoms with Crippen LogP contribution in [-0.2, 0) is 4.74 Å². The summed E-state index contributed by atoms with van der Waals surface area (Å²) in [5.41, 5.74) is 0.00100. The molecule has 8 heteroatoms. The van der Waals surface area contributed by atoms with Crippen LogP contribution in [0.1, 0.15) is 20.3 Å². The van der Waals surface area contributed by atoms with Crippen LogP contribution in [0.2, 0.25) is 5.22 Å². The van der Waals surface area contributed by atoms with E-state index in [4.69, 9.17) is 20.8 Å². The van der Waals surface area contributed by atoms with Crippen molar-refractivity contribution in [2.45, 2.75) is 25.4 Å². The first-order chi connectivity index (χ1) is 11.2. The van der Waals surface area contributed by atoms with Gasteiger partial charge in [0, 0.05) is 25.8 Å². The molecule has 0 bridgehead atoms. The molecule has 0 saturated carbocycles. The van der Waals surface area contributed by atoms with Crippen molar-refractivity contribution < 1.29 is 9.15 Å². The molecule has 0 spiro atoms. The van der Waals surface area contributed by atoms with E-state index in [0.717, 1.165) is 19.6 Å². The second kappa shape index (κ2) is 8.52. The fraction of sp³-hybridized carbons (Fsp3) is 0.533. The van der Waals surface area contributed by atoms with Crippen LogP contribution in [0.25, 0.3) is 10.9 Å². The van der Waals surface area contributed by atoms with Crippen molar-refractivity contribution in [1.82, 2.24) is 9.97 Å². The lowest BCUT2D eigenvalue weighted by molar-refractivity contribution is 0.152. The van der Waals surface area contributed by atoms with Gasteiger partial charge in [-0.3, -0.25) is 0 Å². The lowest BCUT2D eigenvalue weighted by Crippen LogP contribution is -2.28. The summed E-state index contributed by atoms with van der Waals surface area (Å²) in [7, 11) is 0. The minimum atomic E-state index is -0.509. The smallest absolute Gasteiger partial charge is 0.350 e. The lowest BCUT2D eigenvalue weighted by atomic mass is 10.2. The molecular formula is C15H20ClN3O3S. The highest BCUT2D eigenvalue weighted by atomic mass is 35.5. The van der Waals surface area contributed by atoms with Gasteiger partial charge in [-0.15, -0.1) is 0 Å². The first-order valence-corrected chi connectivity index (χ1v) is 9.17. The normalized spacial score (nSPS) is 15.0. The van der Waals surface area contributed by atoms with E-state index in [2.05, 4.69) is 9.97 Å². The van der Waals surface area contributed by atoms with Gasteiger partial charge in [0.05, 0.1) is 12.1 Å². The minimum Gasteiger partial charge on any atom is -0.410 e. The van der Waals surface area contributed by atoms with Crippen molar-refractivity contribution in [3.8, 4) is 0 Å². The van der Waals surface area contributed by atoms with Gasteiger partial charge in [-0.1, -0.05) is 25.6 Å². The summed E-state index contributed by atoms with van der Waals surface area (Å²) in [5, 5.41) is 1.01. The van der Waals surface area contributed by atoms with Gasteiger partial charge in [0.15, 0.2) is 10.4 Å². The molecular weight excluding hydrogens is 338 g/mol. The molecule has 23 heavy (non-hydrogen) atoms. The van der Waals surface area contributed by atoms with E-state index in [0.29, 0.717) is 35.0 Å². The van der Waals surface area contributed by atoms with Gasteiger partial charge in [-0.05, 0) is 24.3 Å². The molecule has 0 aromatic carbocycles. The minimum absolute atomic E-state index is 0.0309. The third kappa shape index (κ3) is 4.16. The zero-order chi connectivity index (χ0) is 16.8. The quantitative estimate of drug-likeness (QED) is 0.603. The van der Waals surface area contributed by atoms with Gasteiger partial charge >= 0.3 is 5.63 Å². The highest BCUT2D eigenvalue weighted by Gasteiger charge is 2.20. The highest BCUT2D eigenvalue weighted by molar-refractivity contribution is 7.98. The predicted octanol–water partition coefficient (Wildman–Crippen LogP) is 3.21. The first-order valence-electron chi connectivity index (χ1n) is 7.57. The lowest BCUT2D eigenvalue weighted by Gasteiger charge is -2.21. The number of aromatic nitrogens is 2. The molecule has 3 rings (SSSR count). The molecule has 0 N–H and O–H groups in total. The average Bonchev–Trinajstić information content (AvgIpc) is 2.84. The zero-order valence-electron chi connectivity index (χ0n) is 13.5. The van der Waals surface area contributed by atoms with Crippen LogP contribution in [-0.4, -0.2) is 42.5 Å². The van der Waals surface area contributed by atoms with E-state index >= 15 is 0 Å². The topological polar surface area (TPSA) is 68.5 Å². The molecule has 0 atom stereocenters. The van der Waals surface area contributed by atoms with E-state index in [1.54, 1.807) is 6.07 Å². The Morgan fingerprint density at radius 3 is 2.78 bits per heavy atom. The summed E-state index contributed by atoms with van der Waals surface area (Å²) in [6.45, 7) is 6.79. The number of fused-ring (bicyclic) bond motifs is 1. The Balaban J connectivity index is 0.000000924. The molecule has 1 fully saturated rings. The number of halogens is 1. The van der Waals surface area contributed by atoms with E-state index in [1.807, 2.05) is 25.0 Å². The van der Waals surface area contributed by atoms with Gasteiger partial charge in [0.25, 0.3) is 0 Å². The maximum Gasteiger partial charge on any atom is 0.350 e. The van der Waals surface area contributed by atoms with Crippen LogP contribution < -0.4 is 10.5 Å². The van der Waals surface area contributed by atoms with Crippen LogP contribution in [0.5, 0.6) is 0 Å². The largest absolute Gasteiger partial charge is 0.410 e. The monoisotopic (exact) mass is 357 g/mol. The Hall–Kier alpha value is -1.31. The summed E-state index contributed by atoms with van der Waals surface area (Å²) < 4.78 is 10.4. The Morgan fingerprint density at radius 1 is 1.26 bits per heavy atom. The maximum atomic E-state index is 12.2. The van der Waals surface area contributed by atoms with Gasteiger partial charge in [0.2, 0.25) is 0 Å². The second-order valence-electron chi connectivity index (χ2n) is 4.59. The van der Waals surface area contributed by atoms with Crippen LogP contribution >= 0.6 is 23.4 Å². The summed E-state index contributed by atoms with van der Waals surface area (Å²) in [5.74, 6) is 0.597. The zero-order valence-corrected chi connectivity index (χ0v) is 15.0. The number of thioether (sulfide) groups is 1. The standard InChI is InChI=1S/C13H14ClN3O3S.C2H6/c1-21-13-15-8-7-9(14)20-12(18)10(8)11(16-13)17-3-2-5-19-6-4-17;1-2/h7H,2-6H2,1H3;1-2H3. The summed E-state index contributed by atoms with van der Waals surface area (Å²) in [6, 6.07) is 1.55. The van der Waals surface area contributed by atoms with Gasteiger partial charge in [-0.2, -0.15) is 0 Å². The Morgan fingerprint density at radius 2 is 2.04 bits per heavy atom. The summed E-state index contributed by atoms with van der Waals surface area (Å²) >= 11 is 7.24. The van der Waals surface area contributed by atoms with Crippen LogP contribution in [0, 0.1) is 0 Å². The molecule has 0 radical (unpaired) electrons. The number of ether oxygens (including phenoxy) is 1. The number of hydrogen-bond acceptors (Lipinski definition) is 7. The third-order valence-corrected chi connectivity index (χ3v) is 3.98. The highest BCUT2D eigenvalue weighted by Crippen LogP contribution is 2.26. The molecule has 0 unspecified atom stereocenters. The van der Waals surface area contributed by atoms with Crippen molar-refractivity contribution in [2.75, 3.05) is 37.5 Å². The number of anilines is 1. The number of hydrogen-bond donors (Lipinski definition) is 0. The van der Waals surface area contributed by atoms with Crippen molar-refractivity contribution in [2.24, 2.45) is 0 Å². The molecule has 6 nitrogen and oxygen atoms in total. The van der Waals surface area contributed by atoms with Crippen molar-refractivity contribution in [3.05, 3.63) is 21.7 Å². The number of rotatable bonds is 2. The Labute approximate surface area is 144 Å². The molecule has 1 aliphatic rings. The molecule has 2 aromatic heterocycles. The number of nitrogens with zero attached hydrogens (tertiary/aromatic N) is 3. The molecule has 0 aliphatic carbocycles. The molecule has 1 saturated heterocycles. The van der Waals surface area contributed by atoms with Gasteiger partial charge in [-0.25, -0.2) is 14.8 Å². The van der Waals surface area contributed by atoms with E-state index in [9.17, 15) is 4.79 Å².